The lowest BCUT2D eigenvalue weighted by molar-refractivity contribution is -0.127. The standard InChI is InChI=1S/C21H33N3O3/c1-17(25)11-7-4-3-5-10-14-23-20(26)16-24-21(27)19(22-2)15-18-12-8-6-9-13-18/h6,8-9,12-13,19,22H,3-5,7,10-11,14-16H2,1-2H3,(H,23,26)(H,24,27). The van der Waals surface area contributed by atoms with E-state index in [0.717, 1.165) is 37.7 Å². The van der Waals surface area contributed by atoms with Gasteiger partial charge in [0, 0.05) is 13.0 Å². The molecule has 1 aromatic rings. The van der Waals surface area contributed by atoms with Crippen molar-refractivity contribution < 1.29 is 14.4 Å². The van der Waals surface area contributed by atoms with Crippen molar-refractivity contribution in [3.63, 3.8) is 0 Å². The van der Waals surface area contributed by atoms with Gasteiger partial charge in [-0.1, -0.05) is 49.6 Å². The Morgan fingerprint density at radius 3 is 2.26 bits per heavy atom. The minimum Gasteiger partial charge on any atom is -0.355 e. The zero-order valence-electron chi connectivity index (χ0n) is 16.6. The lowest BCUT2D eigenvalue weighted by Gasteiger charge is -2.16. The summed E-state index contributed by atoms with van der Waals surface area (Å²) in [4.78, 5) is 34.9. The number of likely N-dealkylation sites (N-methyl/N-ethyl adjacent to an activating group) is 1. The van der Waals surface area contributed by atoms with Crippen LogP contribution in [0.3, 0.4) is 0 Å². The zero-order chi connectivity index (χ0) is 19.9. The molecule has 6 heteroatoms. The molecule has 2 amide bonds. The minimum atomic E-state index is -0.366. The van der Waals surface area contributed by atoms with Gasteiger partial charge in [-0.15, -0.1) is 0 Å². The second-order valence-electron chi connectivity index (χ2n) is 6.82. The third-order valence-electron chi connectivity index (χ3n) is 4.40. The van der Waals surface area contributed by atoms with Gasteiger partial charge in [-0.05, 0) is 38.8 Å². The number of unbranched alkanes of at least 4 members (excludes halogenated alkanes) is 4. The van der Waals surface area contributed by atoms with Crippen LogP contribution < -0.4 is 16.0 Å². The van der Waals surface area contributed by atoms with E-state index in [1.54, 1.807) is 14.0 Å². The first-order chi connectivity index (χ1) is 13.0. The monoisotopic (exact) mass is 375 g/mol. The number of hydrogen-bond donors (Lipinski definition) is 3. The van der Waals surface area contributed by atoms with E-state index in [4.69, 9.17) is 0 Å². The Morgan fingerprint density at radius 1 is 0.926 bits per heavy atom. The van der Waals surface area contributed by atoms with Crippen LogP contribution in [0.25, 0.3) is 0 Å². The molecule has 150 valence electrons. The quantitative estimate of drug-likeness (QED) is 0.434. The third-order valence-corrected chi connectivity index (χ3v) is 4.40. The molecule has 6 nitrogen and oxygen atoms in total. The maximum atomic E-state index is 12.2. The van der Waals surface area contributed by atoms with E-state index in [0.29, 0.717) is 19.4 Å². The van der Waals surface area contributed by atoms with Crippen molar-refractivity contribution in [3.8, 4) is 0 Å². The van der Waals surface area contributed by atoms with Crippen LogP contribution >= 0.6 is 0 Å². The summed E-state index contributed by atoms with van der Waals surface area (Å²) in [6.45, 7) is 2.22. The summed E-state index contributed by atoms with van der Waals surface area (Å²) < 4.78 is 0. The molecule has 0 radical (unpaired) electrons. The Bertz CT molecular complexity index is 575. The maximum Gasteiger partial charge on any atom is 0.239 e. The molecule has 1 unspecified atom stereocenters. The fourth-order valence-corrected chi connectivity index (χ4v) is 2.79. The molecular weight excluding hydrogens is 342 g/mol. The smallest absolute Gasteiger partial charge is 0.239 e. The second-order valence-corrected chi connectivity index (χ2v) is 6.82. The molecule has 0 aliphatic heterocycles. The lowest BCUT2D eigenvalue weighted by atomic mass is 10.1. The van der Waals surface area contributed by atoms with Crippen LogP contribution in [0.4, 0.5) is 0 Å². The highest BCUT2D eigenvalue weighted by atomic mass is 16.2. The van der Waals surface area contributed by atoms with E-state index in [2.05, 4.69) is 16.0 Å². The van der Waals surface area contributed by atoms with Crippen LogP contribution in [0.15, 0.2) is 30.3 Å². The number of nitrogens with one attached hydrogen (secondary N) is 3. The van der Waals surface area contributed by atoms with Crippen molar-refractivity contribution in [2.24, 2.45) is 0 Å². The summed E-state index contributed by atoms with van der Waals surface area (Å²) in [5.74, 6) is -0.106. The van der Waals surface area contributed by atoms with E-state index in [9.17, 15) is 14.4 Å². The Kier molecular flexibility index (Phi) is 11.8. The number of carbonyl (C=O) groups excluding carboxylic acids is 3. The van der Waals surface area contributed by atoms with Gasteiger partial charge in [-0.25, -0.2) is 0 Å². The van der Waals surface area contributed by atoms with E-state index in [-0.39, 0.29) is 30.2 Å². The summed E-state index contributed by atoms with van der Waals surface area (Å²) >= 11 is 0. The summed E-state index contributed by atoms with van der Waals surface area (Å²) in [5, 5.41) is 8.51. The second kappa shape index (κ2) is 13.9. The van der Waals surface area contributed by atoms with Gasteiger partial charge in [0.2, 0.25) is 11.8 Å². The van der Waals surface area contributed by atoms with Crippen molar-refractivity contribution in [1.29, 1.82) is 0 Å². The van der Waals surface area contributed by atoms with Gasteiger partial charge in [0.05, 0.1) is 12.6 Å². The molecule has 27 heavy (non-hydrogen) atoms. The fourth-order valence-electron chi connectivity index (χ4n) is 2.79. The first-order valence-corrected chi connectivity index (χ1v) is 9.78. The summed E-state index contributed by atoms with van der Waals surface area (Å²) in [7, 11) is 1.74. The van der Waals surface area contributed by atoms with Gasteiger partial charge < -0.3 is 20.7 Å². The number of rotatable bonds is 14. The molecule has 0 saturated carbocycles. The highest BCUT2D eigenvalue weighted by molar-refractivity contribution is 5.87. The minimum absolute atomic E-state index is 0.00951. The number of ketones is 1. The number of benzene rings is 1. The van der Waals surface area contributed by atoms with Gasteiger partial charge in [0.15, 0.2) is 0 Å². The molecule has 0 aliphatic carbocycles. The van der Waals surface area contributed by atoms with E-state index in [1.807, 2.05) is 30.3 Å². The largest absolute Gasteiger partial charge is 0.355 e. The first-order valence-electron chi connectivity index (χ1n) is 9.78. The topological polar surface area (TPSA) is 87.3 Å². The molecule has 3 N–H and O–H groups in total. The van der Waals surface area contributed by atoms with Crippen LogP contribution in [-0.2, 0) is 20.8 Å². The van der Waals surface area contributed by atoms with Crippen molar-refractivity contribution >= 4 is 17.6 Å². The van der Waals surface area contributed by atoms with E-state index in [1.165, 1.54) is 0 Å². The summed E-state index contributed by atoms with van der Waals surface area (Å²) in [6.07, 6.45) is 6.25. The van der Waals surface area contributed by atoms with Crippen LogP contribution in [0.5, 0.6) is 0 Å². The highest BCUT2D eigenvalue weighted by Crippen LogP contribution is 2.05. The molecule has 0 aliphatic rings. The van der Waals surface area contributed by atoms with Crippen LogP contribution in [0, 0.1) is 0 Å². The van der Waals surface area contributed by atoms with Crippen molar-refractivity contribution in [1.82, 2.24) is 16.0 Å². The number of carbonyl (C=O) groups is 3. The number of amides is 2. The Balaban J connectivity index is 2.12. The lowest BCUT2D eigenvalue weighted by Crippen LogP contribution is -2.47. The molecule has 0 aromatic heterocycles. The van der Waals surface area contributed by atoms with Gasteiger partial charge in [0.25, 0.3) is 0 Å². The summed E-state index contributed by atoms with van der Waals surface area (Å²) in [6, 6.07) is 9.41. The number of hydrogen-bond acceptors (Lipinski definition) is 4. The molecule has 1 atom stereocenters. The van der Waals surface area contributed by atoms with Crippen molar-refractivity contribution in [3.05, 3.63) is 35.9 Å². The van der Waals surface area contributed by atoms with Gasteiger partial charge in [-0.2, -0.15) is 0 Å². The van der Waals surface area contributed by atoms with Crippen LogP contribution in [0.1, 0.15) is 51.0 Å². The van der Waals surface area contributed by atoms with Gasteiger partial charge >= 0.3 is 0 Å². The first kappa shape index (κ1) is 22.8. The maximum absolute atomic E-state index is 12.2. The predicted molar refractivity (Wildman–Crippen MR) is 107 cm³/mol. The Labute approximate surface area is 162 Å². The molecule has 0 heterocycles. The third kappa shape index (κ3) is 11.2. The van der Waals surface area contributed by atoms with Crippen LogP contribution in [-0.4, -0.2) is 43.8 Å². The zero-order valence-corrected chi connectivity index (χ0v) is 16.6. The van der Waals surface area contributed by atoms with Crippen molar-refractivity contribution in [2.45, 2.75) is 57.9 Å². The fraction of sp³-hybridized carbons (Fsp3) is 0.571. The average molecular weight is 376 g/mol. The molecule has 1 aromatic carbocycles. The molecule has 0 fully saturated rings. The molecule has 0 saturated heterocycles. The summed E-state index contributed by atoms with van der Waals surface area (Å²) in [5.41, 5.74) is 1.07. The Morgan fingerprint density at radius 2 is 1.59 bits per heavy atom. The van der Waals surface area contributed by atoms with Crippen LogP contribution in [0.2, 0.25) is 0 Å². The molecule has 0 spiro atoms. The molecule has 1 rings (SSSR count). The highest BCUT2D eigenvalue weighted by Gasteiger charge is 2.17. The van der Waals surface area contributed by atoms with Gasteiger partial charge in [0.1, 0.15) is 5.78 Å². The SMILES string of the molecule is CNC(Cc1ccccc1)C(=O)NCC(=O)NCCCCCCCC(C)=O. The van der Waals surface area contributed by atoms with Gasteiger partial charge in [-0.3, -0.25) is 9.59 Å². The van der Waals surface area contributed by atoms with E-state index >= 15 is 0 Å². The molecular formula is C21H33N3O3. The van der Waals surface area contributed by atoms with Crippen molar-refractivity contribution in [2.75, 3.05) is 20.1 Å². The molecule has 0 bridgehead atoms. The number of Topliss-reactive ketones (excluding diaryl/α,β-unsaturated/α-hetero) is 1. The van der Waals surface area contributed by atoms with E-state index < -0.39 is 0 Å². The Hall–Kier alpha value is -2.21. The predicted octanol–water partition coefficient (Wildman–Crippen LogP) is 1.98. The average Bonchev–Trinajstić information content (AvgIpc) is 2.66. The normalized spacial score (nSPS) is 11.6.